The molecule has 30 heavy (non-hydrogen) atoms. The molecule has 0 aliphatic heterocycles. The molecule has 9 nitrogen and oxygen atoms in total. The van der Waals surface area contributed by atoms with Crippen LogP contribution >= 0.6 is 0 Å². The summed E-state index contributed by atoms with van der Waals surface area (Å²) < 4.78 is 7.07. The van der Waals surface area contributed by atoms with Crippen molar-refractivity contribution in [3.8, 4) is 0 Å². The molecule has 152 valence electrons. The van der Waals surface area contributed by atoms with E-state index in [1.165, 1.54) is 0 Å². The minimum Gasteiger partial charge on any atom is -0.451 e. The van der Waals surface area contributed by atoms with Crippen LogP contribution in [0.4, 0.5) is 5.69 Å². The SMILES string of the molecule is CCn1c2ccccc2c2cc(NC(=O)COC(=O)c3cc(=O)[nH]c(=O)[nH]3)ccc21. The van der Waals surface area contributed by atoms with E-state index in [1.54, 1.807) is 6.07 Å². The van der Waals surface area contributed by atoms with Crippen molar-refractivity contribution in [3.63, 3.8) is 0 Å². The van der Waals surface area contributed by atoms with Gasteiger partial charge < -0.3 is 19.6 Å². The Labute approximate surface area is 169 Å². The topological polar surface area (TPSA) is 126 Å². The highest BCUT2D eigenvalue weighted by molar-refractivity contribution is 6.09. The van der Waals surface area contributed by atoms with Crippen LogP contribution in [-0.4, -0.2) is 33.0 Å². The summed E-state index contributed by atoms with van der Waals surface area (Å²) >= 11 is 0. The number of aromatic nitrogens is 3. The van der Waals surface area contributed by atoms with Crippen molar-refractivity contribution in [1.29, 1.82) is 0 Å². The Morgan fingerprint density at radius 1 is 1.00 bits per heavy atom. The lowest BCUT2D eigenvalue weighted by Crippen LogP contribution is -2.27. The first-order chi connectivity index (χ1) is 14.5. The van der Waals surface area contributed by atoms with Crippen molar-refractivity contribution >= 4 is 39.4 Å². The summed E-state index contributed by atoms with van der Waals surface area (Å²) in [6.07, 6.45) is 0. The number of ether oxygens (including phenoxy) is 1. The van der Waals surface area contributed by atoms with Crippen LogP contribution in [-0.2, 0) is 16.1 Å². The summed E-state index contributed by atoms with van der Waals surface area (Å²) in [5.41, 5.74) is 0.825. The number of nitrogens with zero attached hydrogens (tertiary/aromatic N) is 1. The van der Waals surface area contributed by atoms with E-state index >= 15 is 0 Å². The predicted octanol–water partition coefficient (Wildman–Crippen LogP) is 1.99. The maximum Gasteiger partial charge on any atom is 0.355 e. The second-order valence-corrected chi connectivity index (χ2v) is 6.62. The number of carbonyl (C=O) groups is 2. The van der Waals surface area contributed by atoms with Gasteiger partial charge in [0.1, 0.15) is 5.69 Å². The first-order valence-electron chi connectivity index (χ1n) is 9.28. The number of fused-ring (bicyclic) bond motifs is 3. The highest BCUT2D eigenvalue weighted by Crippen LogP contribution is 2.30. The van der Waals surface area contributed by atoms with Gasteiger partial charge in [0.05, 0.1) is 0 Å². The molecule has 0 radical (unpaired) electrons. The number of hydrogen-bond acceptors (Lipinski definition) is 5. The number of nitrogens with one attached hydrogen (secondary N) is 3. The average Bonchev–Trinajstić information content (AvgIpc) is 3.04. The number of anilines is 1. The van der Waals surface area contributed by atoms with Gasteiger partial charge in [-0.25, -0.2) is 9.59 Å². The minimum atomic E-state index is -0.977. The number of aromatic amines is 2. The van der Waals surface area contributed by atoms with E-state index < -0.39 is 29.7 Å². The van der Waals surface area contributed by atoms with Gasteiger partial charge in [0, 0.05) is 40.1 Å². The number of carbonyl (C=O) groups excluding carboxylic acids is 2. The summed E-state index contributed by atoms with van der Waals surface area (Å²) in [6.45, 7) is 2.32. The van der Waals surface area contributed by atoms with Gasteiger partial charge in [-0.05, 0) is 31.2 Å². The maximum atomic E-state index is 12.2. The van der Waals surface area contributed by atoms with Crippen molar-refractivity contribution < 1.29 is 14.3 Å². The summed E-state index contributed by atoms with van der Waals surface area (Å²) in [5, 5.41) is 4.77. The van der Waals surface area contributed by atoms with Gasteiger partial charge in [-0.2, -0.15) is 0 Å². The Bertz CT molecular complexity index is 1370. The first kappa shape index (κ1) is 19.2. The Morgan fingerprint density at radius 2 is 1.77 bits per heavy atom. The molecule has 0 aliphatic carbocycles. The number of benzene rings is 2. The fourth-order valence-electron chi connectivity index (χ4n) is 3.46. The molecule has 0 aliphatic rings. The third-order valence-corrected chi connectivity index (χ3v) is 4.69. The van der Waals surface area contributed by atoms with E-state index in [4.69, 9.17) is 4.74 Å². The molecule has 0 unspecified atom stereocenters. The van der Waals surface area contributed by atoms with Crippen LogP contribution in [0.3, 0.4) is 0 Å². The molecule has 0 fully saturated rings. The third-order valence-electron chi connectivity index (χ3n) is 4.69. The molecule has 2 aromatic heterocycles. The average molecular weight is 406 g/mol. The summed E-state index contributed by atoms with van der Waals surface area (Å²) in [5.74, 6) is -1.52. The lowest BCUT2D eigenvalue weighted by molar-refractivity contribution is -0.119. The van der Waals surface area contributed by atoms with Crippen LogP contribution < -0.4 is 16.6 Å². The van der Waals surface area contributed by atoms with Crippen LogP contribution in [0.5, 0.6) is 0 Å². The molecule has 4 aromatic rings. The lowest BCUT2D eigenvalue weighted by atomic mass is 10.1. The van der Waals surface area contributed by atoms with Crippen molar-refractivity contribution in [1.82, 2.24) is 14.5 Å². The minimum absolute atomic E-state index is 0.328. The first-order valence-corrected chi connectivity index (χ1v) is 9.28. The zero-order valence-electron chi connectivity index (χ0n) is 16.0. The van der Waals surface area contributed by atoms with Crippen molar-refractivity contribution in [2.45, 2.75) is 13.5 Å². The number of hydrogen-bond donors (Lipinski definition) is 3. The zero-order valence-corrected chi connectivity index (χ0v) is 16.0. The van der Waals surface area contributed by atoms with Crippen molar-refractivity contribution in [2.24, 2.45) is 0 Å². The number of amides is 1. The highest BCUT2D eigenvalue weighted by Gasteiger charge is 2.14. The number of aryl methyl sites for hydroxylation is 1. The van der Waals surface area contributed by atoms with Crippen LogP contribution in [0.25, 0.3) is 21.8 Å². The van der Waals surface area contributed by atoms with Gasteiger partial charge in [-0.15, -0.1) is 0 Å². The van der Waals surface area contributed by atoms with Crippen molar-refractivity contribution in [3.05, 3.63) is 75.1 Å². The number of esters is 1. The Kier molecular flexibility index (Phi) is 4.93. The fourth-order valence-corrected chi connectivity index (χ4v) is 3.46. The van der Waals surface area contributed by atoms with Gasteiger partial charge in [-0.1, -0.05) is 18.2 Å². The number of H-pyrrole nitrogens is 2. The van der Waals surface area contributed by atoms with Gasteiger partial charge >= 0.3 is 11.7 Å². The lowest BCUT2D eigenvalue weighted by Gasteiger charge is -2.07. The molecule has 3 N–H and O–H groups in total. The number of rotatable bonds is 5. The second-order valence-electron chi connectivity index (χ2n) is 6.62. The standard InChI is InChI=1S/C21H18N4O5/c1-2-25-16-6-4-3-5-13(16)14-9-12(7-8-17(14)25)22-19(27)11-30-20(28)15-10-18(26)24-21(29)23-15/h3-10H,2,11H2,1H3,(H,22,27)(H2,23,24,26,29). The zero-order chi connectivity index (χ0) is 21.3. The third kappa shape index (κ3) is 3.60. The predicted molar refractivity (Wildman–Crippen MR) is 112 cm³/mol. The van der Waals surface area contributed by atoms with E-state index in [1.807, 2.05) is 35.3 Å². The normalized spacial score (nSPS) is 11.0. The molecule has 0 saturated heterocycles. The molecule has 0 saturated carbocycles. The Balaban J connectivity index is 1.50. The van der Waals surface area contributed by atoms with Crippen molar-refractivity contribution in [2.75, 3.05) is 11.9 Å². The maximum absolute atomic E-state index is 12.2. The van der Waals surface area contributed by atoms with Crippen LogP contribution in [0, 0.1) is 0 Å². The van der Waals surface area contributed by atoms with E-state index in [9.17, 15) is 19.2 Å². The molecule has 1 amide bonds. The summed E-state index contributed by atoms with van der Waals surface area (Å²) in [7, 11) is 0. The molecule has 4 rings (SSSR count). The second kappa shape index (κ2) is 7.70. The molecule has 0 bridgehead atoms. The Hall–Kier alpha value is -4.14. The van der Waals surface area contributed by atoms with Crippen LogP contribution in [0.15, 0.2) is 58.1 Å². The molecule has 0 atom stereocenters. The van der Waals surface area contributed by atoms with Gasteiger partial charge in [-0.3, -0.25) is 14.6 Å². The molecular weight excluding hydrogens is 388 g/mol. The summed E-state index contributed by atoms with van der Waals surface area (Å²) in [4.78, 5) is 50.7. The number of para-hydroxylation sites is 1. The van der Waals surface area contributed by atoms with E-state index in [0.29, 0.717) is 5.69 Å². The van der Waals surface area contributed by atoms with E-state index in [-0.39, 0.29) is 5.69 Å². The van der Waals surface area contributed by atoms with Gasteiger partial charge in [0.25, 0.3) is 11.5 Å². The quantitative estimate of drug-likeness (QED) is 0.437. The molecule has 0 spiro atoms. The largest absolute Gasteiger partial charge is 0.451 e. The van der Waals surface area contributed by atoms with Crippen LogP contribution in [0.2, 0.25) is 0 Å². The smallest absolute Gasteiger partial charge is 0.355 e. The summed E-state index contributed by atoms with van der Waals surface area (Å²) in [6, 6.07) is 14.5. The van der Waals surface area contributed by atoms with Gasteiger partial charge in [0.15, 0.2) is 6.61 Å². The Morgan fingerprint density at radius 3 is 2.53 bits per heavy atom. The van der Waals surface area contributed by atoms with E-state index in [2.05, 4.69) is 27.9 Å². The molecule has 9 heteroatoms. The molecule has 2 heterocycles. The molecule has 2 aromatic carbocycles. The van der Waals surface area contributed by atoms with Crippen LogP contribution in [0.1, 0.15) is 17.4 Å². The van der Waals surface area contributed by atoms with E-state index in [0.717, 1.165) is 34.4 Å². The fraction of sp³-hybridized carbons (Fsp3) is 0.143. The monoisotopic (exact) mass is 406 g/mol. The highest BCUT2D eigenvalue weighted by atomic mass is 16.5. The van der Waals surface area contributed by atoms with Gasteiger partial charge in [0.2, 0.25) is 0 Å². The molecular formula is C21H18N4O5.